The third kappa shape index (κ3) is 2.97. The maximum atomic E-state index is 11.5. The van der Waals surface area contributed by atoms with Crippen molar-refractivity contribution in [3.05, 3.63) is 78.1 Å². The molecule has 25 heavy (non-hydrogen) atoms. The predicted molar refractivity (Wildman–Crippen MR) is 96.3 cm³/mol. The van der Waals surface area contributed by atoms with Gasteiger partial charge < -0.3 is 4.90 Å². The number of rotatable bonds is 3. The summed E-state index contributed by atoms with van der Waals surface area (Å²) in [6, 6.07) is 17.5. The van der Waals surface area contributed by atoms with Crippen LogP contribution in [0.4, 0.5) is 11.4 Å². The van der Waals surface area contributed by atoms with E-state index in [0.717, 1.165) is 16.9 Å². The lowest BCUT2D eigenvalue weighted by Gasteiger charge is -2.32. The average Bonchev–Trinajstić information content (AvgIpc) is 2.67. The maximum Gasteiger partial charge on any atom is 0.274 e. The van der Waals surface area contributed by atoms with Gasteiger partial charge in [-0.1, -0.05) is 36.0 Å². The van der Waals surface area contributed by atoms with Crippen molar-refractivity contribution >= 4 is 29.0 Å². The molecule has 1 aromatic heterocycles. The molecule has 1 aliphatic rings. The molecule has 5 nitrogen and oxygen atoms in total. The van der Waals surface area contributed by atoms with E-state index in [2.05, 4.69) is 22.0 Å². The molecule has 4 rings (SSSR count). The fourth-order valence-corrected chi connectivity index (χ4v) is 3.92. The topological polar surface area (TPSA) is 65.5 Å². The number of hydrogen-bond donors (Lipinski definition) is 2. The summed E-state index contributed by atoms with van der Waals surface area (Å²) in [6.45, 7) is 0.664. The summed E-state index contributed by atoms with van der Waals surface area (Å²) < 4.78 is 0. The van der Waals surface area contributed by atoms with Crippen LogP contribution in [0.3, 0.4) is 0 Å². The van der Waals surface area contributed by atoms with Gasteiger partial charge in [0.15, 0.2) is 0 Å². The molecule has 0 radical (unpaired) electrons. The summed E-state index contributed by atoms with van der Waals surface area (Å²) >= 11 is 1.74. The number of carbonyl (C=O) groups excluding carboxylic acids is 1. The van der Waals surface area contributed by atoms with E-state index < -0.39 is 5.91 Å². The first-order chi connectivity index (χ1) is 12.3. The first-order valence-corrected chi connectivity index (χ1v) is 8.60. The number of pyridine rings is 1. The Morgan fingerprint density at radius 3 is 2.60 bits per heavy atom. The monoisotopic (exact) mass is 349 g/mol. The highest BCUT2D eigenvalue weighted by atomic mass is 32.2. The Bertz CT molecular complexity index is 882. The van der Waals surface area contributed by atoms with E-state index >= 15 is 0 Å². The summed E-state index contributed by atoms with van der Waals surface area (Å²) in [5.41, 5.74) is 5.34. The third-order valence-electron chi connectivity index (χ3n) is 4.09. The molecule has 0 saturated carbocycles. The maximum absolute atomic E-state index is 11.5. The van der Waals surface area contributed by atoms with Crippen LogP contribution < -0.4 is 10.4 Å². The number of fused-ring (bicyclic) bond motifs is 2. The van der Waals surface area contributed by atoms with Gasteiger partial charge in [0.2, 0.25) is 0 Å². The third-order valence-corrected chi connectivity index (χ3v) is 5.22. The molecule has 0 bridgehead atoms. The smallest absolute Gasteiger partial charge is 0.274 e. The quantitative estimate of drug-likeness (QED) is 0.553. The van der Waals surface area contributed by atoms with Crippen molar-refractivity contribution in [2.24, 2.45) is 0 Å². The van der Waals surface area contributed by atoms with Crippen LogP contribution in [0.25, 0.3) is 0 Å². The number of hydroxylamine groups is 1. The molecule has 0 fully saturated rings. The van der Waals surface area contributed by atoms with Crippen LogP contribution in [-0.2, 0) is 6.54 Å². The average molecular weight is 349 g/mol. The number of carbonyl (C=O) groups is 1. The van der Waals surface area contributed by atoms with Crippen LogP contribution in [0.15, 0.2) is 76.8 Å². The van der Waals surface area contributed by atoms with Gasteiger partial charge >= 0.3 is 0 Å². The lowest BCUT2D eigenvalue weighted by molar-refractivity contribution is 0.0706. The second-order valence-corrected chi connectivity index (χ2v) is 6.72. The van der Waals surface area contributed by atoms with Crippen LogP contribution in [-0.4, -0.2) is 16.1 Å². The van der Waals surface area contributed by atoms with E-state index in [0.29, 0.717) is 12.1 Å². The normalized spacial score (nSPS) is 12.3. The Kier molecular flexibility index (Phi) is 4.13. The molecule has 2 N–H and O–H groups in total. The van der Waals surface area contributed by atoms with Gasteiger partial charge in [0.1, 0.15) is 0 Å². The van der Waals surface area contributed by atoms with E-state index in [4.69, 9.17) is 5.21 Å². The Labute approximate surface area is 149 Å². The van der Waals surface area contributed by atoms with Crippen molar-refractivity contribution in [2.45, 2.75) is 16.3 Å². The molecular formula is C19H15N3O2S. The second kappa shape index (κ2) is 6.58. The Morgan fingerprint density at radius 1 is 1.04 bits per heavy atom. The van der Waals surface area contributed by atoms with Crippen molar-refractivity contribution in [1.29, 1.82) is 0 Å². The van der Waals surface area contributed by atoms with Crippen molar-refractivity contribution in [3.8, 4) is 0 Å². The van der Waals surface area contributed by atoms with E-state index in [1.54, 1.807) is 35.6 Å². The second-order valence-electron chi connectivity index (χ2n) is 5.64. The molecule has 0 saturated heterocycles. The van der Waals surface area contributed by atoms with E-state index in [1.807, 2.05) is 36.5 Å². The number of nitrogens with one attached hydrogen (secondary N) is 1. The summed E-state index contributed by atoms with van der Waals surface area (Å²) in [6.07, 6.45) is 3.69. The minimum Gasteiger partial charge on any atom is -0.334 e. The largest absolute Gasteiger partial charge is 0.334 e. The number of hydrogen-bond acceptors (Lipinski definition) is 5. The van der Waals surface area contributed by atoms with Crippen molar-refractivity contribution in [2.75, 3.05) is 4.90 Å². The summed E-state index contributed by atoms with van der Waals surface area (Å²) in [4.78, 5) is 20.3. The van der Waals surface area contributed by atoms with E-state index in [1.165, 1.54) is 9.79 Å². The molecule has 6 heteroatoms. The zero-order chi connectivity index (χ0) is 17.2. The van der Waals surface area contributed by atoms with E-state index in [9.17, 15) is 4.79 Å². The number of para-hydroxylation sites is 1. The molecule has 0 unspecified atom stereocenters. The van der Waals surface area contributed by atoms with Gasteiger partial charge in [-0.25, -0.2) is 5.48 Å². The molecule has 1 amide bonds. The highest BCUT2D eigenvalue weighted by molar-refractivity contribution is 7.99. The number of anilines is 2. The molecule has 0 spiro atoms. The minimum absolute atomic E-state index is 0.419. The molecule has 0 atom stereocenters. The molecule has 2 aromatic carbocycles. The minimum atomic E-state index is -0.513. The van der Waals surface area contributed by atoms with Crippen LogP contribution >= 0.6 is 11.8 Å². The first kappa shape index (κ1) is 15.7. The van der Waals surface area contributed by atoms with Gasteiger partial charge in [-0.2, -0.15) is 0 Å². The molecule has 124 valence electrons. The molecule has 0 aliphatic carbocycles. The van der Waals surface area contributed by atoms with Crippen LogP contribution in [0.1, 0.15) is 15.9 Å². The Balaban J connectivity index is 1.69. The lowest BCUT2D eigenvalue weighted by atomic mass is 10.1. The van der Waals surface area contributed by atoms with Gasteiger partial charge in [0.05, 0.1) is 17.6 Å². The summed E-state index contributed by atoms with van der Waals surface area (Å²) in [5, 5.41) is 8.72. The van der Waals surface area contributed by atoms with Gasteiger partial charge in [0, 0.05) is 28.1 Å². The fraction of sp³-hybridized carbons (Fsp3) is 0.0526. The molecule has 2 heterocycles. The summed E-state index contributed by atoms with van der Waals surface area (Å²) in [7, 11) is 0. The van der Waals surface area contributed by atoms with Crippen LogP contribution in [0.2, 0.25) is 0 Å². The van der Waals surface area contributed by atoms with Gasteiger partial charge in [-0.3, -0.25) is 15.0 Å². The standard InChI is InChI=1S/C19H15N3O2S/c23-19(21-24)14-7-5-13(6-8-14)12-22-15-3-1-2-4-17(15)25-18-9-10-20-11-16(18)22/h1-11,24H,12H2,(H,21,23). The zero-order valence-corrected chi connectivity index (χ0v) is 14.0. The predicted octanol–water partition coefficient (Wildman–Crippen LogP) is 4.00. The molecular weight excluding hydrogens is 334 g/mol. The Morgan fingerprint density at radius 2 is 1.80 bits per heavy atom. The van der Waals surface area contributed by atoms with Gasteiger partial charge in [-0.05, 0) is 35.9 Å². The van der Waals surface area contributed by atoms with E-state index in [-0.39, 0.29) is 0 Å². The van der Waals surface area contributed by atoms with Crippen molar-refractivity contribution in [1.82, 2.24) is 10.5 Å². The number of aromatic nitrogens is 1. The first-order valence-electron chi connectivity index (χ1n) is 7.78. The Hall–Kier alpha value is -2.83. The van der Waals surface area contributed by atoms with Crippen LogP contribution in [0.5, 0.6) is 0 Å². The van der Waals surface area contributed by atoms with Crippen LogP contribution in [0, 0.1) is 0 Å². The summed E-state index contributed by atoms with van der Waals surface area (Å²) in [5.74, 6) is -0.513. The van der Waals surface area contributed by atoms with Crippen molar-refractivity contribution in [3.63, 3.8) is 0 Å². The number of benzene rings is 2. The highest BCUT2D eigenvalue weighted by Crippen LogP contribution is 2.47. The lowest BCUT2D eigenvalue weighted by Crippen LogP contribution is -2.21. The molecule has 3 aromatic rings. The zero-order valence-electron chi connectivity index (χ0n) is 13.2. The van der Waals surface area contributed by atoms with Crippen molar-refractivity contribution < 1.29 is 10.0 Å². The SMILES string of the molecule is O=C(NO)c1ccc(CN2c3ccccc3Sc3ccncc32)cc1. The number of amides is 1. The van der Waals surface area contributed by atoms with Gasteiger partial charge in [-0.15, -0.1) is 0 Å². The highest BCUT2D eigenvalue weighted by Gasteiger charge is 2.23. The fourth-order valence-electron chi connectivity index (χ4n) is 2.86. The molecule has 1 aliphatic heterocycles. The number of nitrogens with zero attached hydrogens (tertiary/aromatic N) is 2. The van der Waals surface area contributed by atoms with Gasteiger partial charge in [0.25, 0.3) is 5.91 Å².